The minimum absolute atomic E-state index is 0.0766. The molecule has 3 atom stereocenters. The number of nitrogens with zero attached hydrogens (tertiary/aromatic N) is 1. The van der Waals surface area contributed by atoms with E-state index in [2.05, 4.69) is 27.4 Å². The molecule has 0 aromatic heterocycles. The van der Waals surface area contributed by atoms with Crippen LogP contribution in [0.3, 0.4) is 0 Å². The fourth-order valence-electron chi connectivity index (χ4n) is 2.73. The Morgan fingerprint density at radius 3 is 2.70 bits per heavy atom. The number of rotatable bonds is 5. The molecule has 0 spiro atoms. The van der Waals surface area contributed by atoms with Crippen LogP contribution in [0.4, 0.5) is 0 Å². The number of hydrogen-bond acceptors (Lipinski definition) is 2. The second kappa shape index (κ2) is 7.44. The minimum Gasteiger partial charge on any atom is -0.338 e. The van der Waals surface area contributed by atoms with Gasteiger partial charge in [-0.1, -0.05) is 44.7 Å². The van der Waals surface area contributed by atoms with Crippen LogP contribution in [0.2, 0.25) is 0 Å². The van der Waals surface area contributed by atoms with Crippen molar-refractivity contribution in [2.45, 2.75) is 46.2 Å². The average molecular weight is 276 g/mol. The van der Waals surface area contributed by atoms with Crippen LogP contribution in [-0.4, -0.2) is 29.4 Å². The largest absolute Gasteiger partial charge is 0.338 e. The number of nitrogens with two attached hydrogens (primary N) is 1. The van der Waals surface area contributed by atoms with Crippen LogP contribution >= 0.6 is 0 Å². The summed E-state index contributed by atoms with van der Waals surface area (Å²) in [4.78, 5) is 14.2. The first-order valence-electron chi connectivity index (χ1n) is 7.42. The summed E-state index contributed by atoms with van der Waals surface area (Å²) in [5.74, 6) is 0.759. The Morgan fingerprint density at radius 2 is 2.15 bits per heavy atom. The second-order valence-corrected chi connectivity index (χ2v) is 6.03. The highest BCUT2D eigenvalue weighted by molar-refractivity contribution is 5.83. The molecule has 3 nitrogen and oxygen atoms in total. The van der Waals surface area contributed by atoms with Gasteiger partial charge in [0, 0.05) is 18.5 Å². The SMILES string of the molecule is C=C(/C=C\C=C/C)[C@@H]1C[C@H](N)C(=O)N(CC(C)C)[C@@H]1C. The van der Waals surface area contributed by atoms with Gasteiger partial charge in [0.15, 0.2) is 0 Å². The number of carbonyl (C=O) groups excluding carboxylic acids is 1. The summed E-state index contributed by atoms with van der Waals surface area (Å²) in [6.07, 6.45) is 8.67. The summed E-state index contributed by atoms with van der Waals surface area (Å²) in [5.41, 5.74) is 7.07. The molecule has 0 radical (unpaired) electrons. The van der Waals surface area contributed by atoms with Gasteiger partial charge < -0.3 is 10.6 Å². The average Bonchev–Trinajstić information content (AvgIpc) is 2.38. The van der Waals surface area contributed by atoms with Crippen molar-refractivity contribution < 1.29 is 4.79 Å². The van der Waals surface area contributed by atoms with Gasteiger partial charge in [0.1, 0.15) is 0 Å². The van der Waals surface area contributed by atoms with Crippen molar-refractivity contribution in [1.29, 1.82) is 0 Å². The molecule has 1 aliphatic rings. The molecule has 0 bridgehead atoms. The molecule has 0 aromatic rings. The zero-order chi connectivity index (χ0) is 15.3. The molecule has 1 saturated heterocycles. The maximum atomic E-state index is 12.2. The Balaban J connectivity index is 2.86. The summed E-state index contributed by atoms with van der Waals surface area (Å²) in [7, 11) is 0. The van der Waals surface area contributed by atoms with Crippen molar-refractivity contribution in [3.05, 3.63) is 36.5 Å². The third-order valence-electron chi connectivity index (χ3n) is 3.83. The lowest BCUT2D eigenvalue weighted by atomic mass is 9.81. The van der Waals surface area contributed by atoms with E-state index in [-0.39, 0.29) is 17.9 Å². The number of allylic oxidation sites excluding steroid dienone is 4. The van der Waals surface area contributed by atoms with Crippen LogP contribution in [0.1, 0.15) is 34.1 Å². The maximum Gasteiger partial charge on any atom is 0.239 e. The molecule has 1 aliphatic heterocycles. The van der Waals surface area contributed by atoms with E-state index in [4.69, 9.17) is 5.73 Å². The second-order valence-electron chi connectivity index (χ2n) is 6.03. The van der Waals surface area contributed by atoms with Gasteiger partial charge in [0.25, 0.3) is 0 Å². The number of amides is 1. The van der Waals surface area contributed by atoms with Crippen molar-refractivity contribution >= 4 is 5.91 Å². The maximum absolute atomic E-state index is 12.2. The molecule has 0 aromatic carbocycles. The fourth-order valence-corrected chi connectivity index (χ4v) is 2.73. The number of carbonyl (C=O) groups is 1. The highest BCUT2D eigenvalue weighted by Crippen LogP contribution is 2.30. The number of piperidine rings is 1. The Kier molecular flexibility index (Phi) is 6.21. The van der Waals surface area contributed by atoms with Crippen LogP contribution in [-0.2, 0) is 4.79 Å². The molecule has 1 rings (SSSR count). The highest BCUT2D eigenvalue weighted by atomic mass is 16.2. The van der Waals surface area contributed by atoms with Crippen molar-refractivity contribution in [3.63, 3.8) is 0 Å². The molecule has 0 unspecified atom stereocenters. The first-order valence-corrected chi connectivity index (χ1v) is 7.42. The number of hydrogen-bond donors (Lipinski definition) is 1. The minimum atomic E-state index is -0.401. The van der Waals surface area contributed by atoms with Crippen LogP contribution in [0.5, 0.6) is 0 Å². The molecule has 1 fully saturated rings. The van der Waals surface area contributed by atoms with E-state index in [9.17, 15) is 4.79 Å². The van der Waals surface area contributed by atoms with E-state index < -0.39 is 6.04 Å². The number of likely N-dealkylation sites (tertiary alicyclic amines) is 1. The van der Waals surface area contributed by atoms with E-state index in [1.54, 1.807) is 0 Å². The monoisotopic (exact) mass is 276 g/mol. The van der Waals surface area contributed by atoms with Gasteiger partial charge in [-0.3, -0.25) is 4.79 Å². The summed E-state index contributed by atoms with van der Waals surface area (Å²) in [6, 6.07) is -0.241. The van der Waals surface area contributed by atoms with Crippen LogP contribution < -0.4 is 5.73 Å². The summed E-state index contributed by atoms with van der Waals surface area (Å²) in [5, 5.41) is 0. The first-order chi connectivity index (χ1) is 9.38. The highest BCUT2D eigenvalue weighted by Gasteiger charge is 2.38. The zero-order valence-corrected chi connectivity index (χ0v) is 13.2. The fraction of sp³-hybridized carbons (Fsp3) is 0.588. The molecule has 1 amide bonds. The lowest BCUT2D eigenvalue weighted by molar-refractivity contribution is -0.140. The molecule has 2 N–H and O–H groups in total. The predicted molar refractivity (Wildman–Crippen MR) is 85.2 cm³/mol. The molecule has 20 heavy (non-hydrogen) atoms. The molecule has 0 aliphatic carbocycles. The Labute approximate surface area is 123 Å². The normalized spacial score (nSPS) is 28.0. The van der Waals surface area contributed by atoms with E-state index in [0.29, 0.717) is 12.3 Å². The van der Waals surface area contributed by atoms with Crippen LogP contribution in [0.15, 0.2) is 36.5 Å². The first kappa shape index (κ1) is 16.7. The van der Waals surface area contributed by atoms with Gasteiger partial charge in [0.2, 0.25) is 5.91 Å². The van der Waals surface area contributed by atoms with Gasteiger partial charge >= 0.3 is 0 Å². The predicted octanol–water partition coefficient (Wildman–Crippen LogP) is 2.90. The zero-order valence-electron chi connectivity index (χ0n) is 13.2. The van der Waals surface area contributed by atoms with Crippen molar-refractivity contribution in [1.82, 2.24) is 4.90 Å². The third kappa shape index (κ3) is 4.07. The molecule has 3 heteroatoms. The van der Waals surface area contributed by atoms with E-state index >= 15 is 0 Å². The van der Waals surface area contributed by atoms with Crippen molar-refractivity contribution in [3.8, 4) is 0 Å². The smallest absolute Gasteiger partial charge is 0.239 e. The van der Waals surface area contributed by atoms with E-state index in [1.165, 1.54) is 0 Å². The van der Waals surface area contributed by atoms with Gasteiger partial charge in [-0.15, -0.1) is 0 Å². The Hall–Kier alpha value is -1.35. The van der Waals surface area contributed by atoms with Crippen molar-refractivity contribution in [2.24, 2.45) is 17.6 Å². The Bertz CT molecular complexity index is 409. The van der Waals surface area contributed by atoms with Gasteiger partial charge in [-0.05, 0) is 31.8 Å². The van der Waals surface area contributed by atoms with Gasteiger partial charge in [-0.2, -0.15) is 0 Å². The summed E-state index contributed by atoms with van der Waals surface area (Å²) >= 11 is 0. The molecule has 0 saturated carbocycles. The molecular weight excluding hydrogens is 248 g/mol. The molecule has 112 valence electrons. The lowest BCUT2D eigenvalue weighted by Gasteiger charge is -2.43. The van der Waals surface area contributed by atoms with Crippen molar-refractivity contribution in [2.75, 3.05) is 6.54 Å². The van der Waals surface area contributed by atoms with Crippen LogP contribution in [0.25, 0.3) is 0 Å². The standard InChI is InChI=1S/C17H28N2O/c1-6-7-8-9-13(4)15-10-16(18)17(20)19(14(15)5)11-12(2)3/h6-9,12,14-16H,4,10-11,18H2,1-3,5H3/b7-6-,9-8-/t14-,15+,16+/m1/s1. The van der Waals surface area contributed by atoms with E-state index in [1.807, 2.05) is 36.1 Å². The van der Waals surface area contributed by atoms with E-state index in [0.717, 1.165) is 12.1 Å². The molecular formula is C17H28N2O. The lowest BCUT2D eigenvalue weighted by Crippen LogP contribution is -2.57. The van der Waals surface area contributed by atoms with Crippen LogP contribution in [0, 0.1) is 11.8 Å². The summed E-state index contributed by atoms with van der Waals surface area (Å²) in [6.45, 7) is 13.2. The van der Waals surface area contributed by atoms with Gasteiger partial charge in [-0.25, -0.2) is 0 Å². The summed E-state index contributed by atoms with van der Waals surface area (Å²) < 4.78 is 0. The van der Waals surface area contributed by atoms with Gasteiger partial charge in [0.05, 0.1) is 6.04 Å². The molecule has 1 heterocycles. The topological polar surface area (TPSA) is 46.3 Å². The Morgan fingerprint density at radius 1 is 1.50 bits per heavy atom. The third-order valence-corrected chi connectivity index (χ3v) is 3.83. The quantitative estimate of drug-likeness (QED) is 0.785.